The van der Waals surface area contributed by atoms with Gasteiger partial charge in [-0.1, -0.05) is 30.3 Å². The van der Waals surface area contributed by atoms with Crippen LogP contribution in [0.15, 0.2) is 73.1 Å². The van der Waals surface area contributed by atoms with Crippen LogP contribution in [0, 0.1) is 12.7 Å². The van der Waals surface area contributed by atoms with Crippen molar-refractivity contribution in [3.63, 3.8) is 0 Å². The topological polar surface area (TPSA) is 136 Å². The van der Waals surface area contributed by atoms with E-state index in [1.54, 1.807) is 65.8 Å². The van der Waals surface area contributed by atoms with E-state index >= 15 is 4.39 Å². The summed E-state index contributed by atoms with van der Waals surface area (Å²) in [6.07, 6.45) is 4.44. The number of benzene rings is 2. The van der Waals surface area contributed by atoms with Crippen molar-refractivity contribution in [2.45, 2.75) is 57.9 Å². The van der Waals surface area contributed by atoms with Crippen molar-refractivity contribution in [1.29, 1.82) is 0 Å². The first kappa shape index (κ1) is 32.6. The van der Waals surface area contributed by atoms with Crippen molar-refractivity contribution in [2.24, 2.45) is 0 Å². The van der Waals surface area contributed by atoms with Gasteiger partial charge in [0.25, 0.3) is 0 Å². The average Bonchev–Trinajstić information content (AvgIpc) is 3.01. The molecule has 1 aliphatic heterocycles. The SMILES string of the molecule is Cc1c(Oc2ncccc2-c2ccnc(N[C@H]3CCCN(C(=O)OC(C)(C)C)C3)n2)ccc(NS(=O)(=O)Cc2ccccc2)c1F. The zero-order valence-electron chi connectivity index (χ0n) is 26.2. The molecule has 0 radical (unpaired) electrons. The van der Waals surface area contributed by atoms with Crippen molar-refractivity contribution >= 4 is 27.8 Å². The van der Waals surface area contributed by atoms with Gasteiger partial charge in [-0.3, -0.25) is 4.72 Å². The molecule has 1 amide bonds. The number of anilines is 2. The van der Waals surface area contributed by atoms with Crippen LogP contribution in [0.2, 0.25) is 0 Å². The molecule has 0 unspecified atom stereocenters. The first-order valence-electron chi connectivity index (χ1n) is 14.9. The van der Waals surface area contributed by atoms with Crippen LogP contribution in [0.5, 0.6) is 11.6 Å². The lowest BCUT2D eigenvalue weighted by molar-refractivity contribution is 0.0206. The van der Waals surface area contributed by atoms with Crippen LogP contribution < -0.4 is 14.8 Å². The van der Waals surface area contributed by atoms with Crippen molar-refractivity contribution < 1.29 is 27.1 Å². The second-order valence-electron chi connectivity index (χ2n) is 12.0. The number of nitrogens with zero attached hydrogens (tertiary/aromatic N) is 4. The third-order valence-electron chi connectivity index (χ3n) is 7.12. The Morgan fingerprint density at radius 1 is 1.04 bits per heavy atom. The molecule has 242 valence electrons. The lowest BCUT2D eigenvalue weighted by Crippen LogP contribution is -2.47. The number of pyridine rings is 1. The minimum Gasteiger partial charge on any atom is -0.444 e. The van der Waals surface area contributed by atoms with Crippen LogP contribution in [0.25, 0.3) is 11.3 Å². The van der Waals surface area contributed by atoms with Gasteiger partial charge in [-0.15, -0.1) is 0 Å². The molecule has 0 aliphatic carbocycles. The number of carbonyl (C=O) groups excluding carboxylic acids is 1. The first-order valence-corrected chi connectivity index (χ1v) is 16.6. The summed E-state index contributed by atoms with van der Waals surface area (Å²) >= 11 is 0. The van der Waals surface area contributed by atoms with Crippen LogP contribution in [-0.2, 0) is 20.5 Å². The summed E-state index contributed by atoms with van der Waals surface area (Å²) in [7, 11) is -3.86. The quantitative estimate of drug-likeness (QED) is 0.208. The van der Waals surface area contributed by atoms with E-state index in [9.17, 15) is 13.2 Å². The maximum absolute atomic E-state index is 15.4. The van der Waals surface area contributed by atoms with Crippen molar-refractivity contribution in [1.82, 2.24) is 19.9 Å². The molecule has 1 saturated heterocycles. The van der Waals surface area contributed by atoms with Gasteiger partial charge in [0.05, 0.1) is 22.7 Å². The normalized spacial score (nSPS) is 15.2. The van der Waals surface area contributed by atoms with E-state index in [2.05, 4.69) is 25.0 Å². The van der Waals surface area contributed by atoms with Crippen LogP contribution in [0.4, 0.5) is 20.8 Å². The maximum Gasteiger partial charge on any atom is 0.410 e. The van der Waals surface area contributed by atoms with Gasteiger partial charge < -0.3 is 19.7 Å². The van der Waals surface area contributed by atoms with Crippen molar-refractivity contribution in [2.75, 3.05) is 23.1 Å². The highest BCUT2D eigenvalue weighted by atomic mass is 32.2. The third-order valence-corrected chi connectivity index (χ3v) is 8.36. The molecule has 13 heteroatoms. The van der Waals surface area contributed by atoms with E-state index in [1.807, 2.05) is 20.8 Å². The largest absolute Gasteiger partial charge is 0.444 e. The van der Waals surface area contributed by atoms with E-state index in [-0.39, 0.29) is 40.8 Å². The van der Waals surface area contributed by atoms with Gasteiger partial charge in [0.1, 0.15) is 11.4 Å². The van der Waals surface area contributed by atoms with Gasteiger partial charge in [-0.05, 0) is 76.4 Å². The molecule has 5 rings (SSSR count). The maximum atomic E-state index is 15.4. The Labute approximate surface area is 268 Å². The molecule has 46 heavy (non-hydrogen) atoms. The summed E-state index contributed by atoms with van der Waals surface area (Å²) in [6.45, 7) is 8.08. The molecule has 2 aromatic carbocycles. The number of piperidine rings is 1. The Morgan fingerprint density at radius 2 is 1.83 bits per heavy atom. The van der Waals surface area contributed by atoms with E-state index < -0.39 is 21.4 Å². The third kappa shape index (κ3) is 8.47. The minimum absolute atomic E-state index is 0.0737. The fraction of sp³-hybridized carbons (Fsp3) is 0.333. The number of aromatic nitrogens is 3. The molecular weight excluding hydrogens is 611 g/mol. The number of hydrogen-bond acceptors (Lipinski definition) is 9. The molecule has 0 spiro atoms. The van der Waals surface area contributed by atoms with Crippen LogP contribution in [0.1, 0.15) is 44.7 Å². The summed E-state index contributed by atoms with van der Waals surface area (Å²) < 4.78 is 54.7. The first-order chi connectivity index (χ1) is 21.9. The fourth-order valence-electron chi connectivity index (χ4n) is 4.97. The number of halogens is 1. The van der Waals surface area contributed by atoms with E-state index in [0.29, 0.717) is 35.9 Å². The predicted molar refractivity (Wildman–Crippen MR) is 174 cm³/mol. The van der Waals surface area contributed by atoms with Crippen LogP contribution in [-0.4, -0.2) is 59.1 Å². The number of hydrogen-bond donors (Lipinski definition) is 2. The molecule has 2 N–H and O–H groups in total. The molecule has 0 saturated carbocycles. The van der Waals surface area contributed by atoms with Crippen LogP contribution >= 0.6 is 0 Å². The Hall–Kier alpha value is -4.78. The average molecular weight is 649 g/mol. The summed E-state index contributed by atoms with van der Waals surface area (Å²) in [5, 5.41) is 3.33. The fourth-order valence-corrected chi connectivity index (χ4v) is 6.17. The molecule has 1 fully saturated rings. The number of rotatable bonds is 9. The molecular formula is C33H37FN6O5S. The molecule has 0 bridgehead atoms. The van der Waals surface area contributed by atoms with Gasteiger partial charge in [0, 0.05) is 37.1 Å². The van der Waals surface area contributed by atoms with Gasteiger partial charge >= 0.3 is 6.09 Å². The molecule has 1 atom stereocenters. The molecule has 2 aromatic heterocycles. The number of nitrogens with one attached hydrogen (secondary N) is 2. The van der Waals surface area contributed by atoms with Crippen LogP contribution in [0.3, 0.4) is 0 Å². The summed E-state index contributed by atoms with van der Waals surface area (Å²) in [4.78, 5) is 27.7. The number of likely N-dealkylation sites (tertiary alicyclic amines) is 1. The monoisotopic (exact) mass is 648 g/mol. The van der Waals surface area contributed by atoms with E-state index in [1.165, 1.54) is 19.1 Å². The molecule has 11 nitrogen and oxygen atoms in total. The van der Waals surface area contributed by atoms with Gasteiger partial charge in [-0.25, -0.2) is 32.6 Å². The molecule has 4 aromatic rings. The zero-order chi connectivity index (χ0) is 32.9. The number of ether oxygens (including phenoxy) is 2. The smallest absolute Gasteiger partial charge is 0.410 e. The van der Waals surface area contributed by atoms with E-state index in [0.717, 1.165) is 12.8 Å². The standard InChI is InChI=1S/C33H37FN6O5S/c1-22-28(15-14-27(29(22)34)39-46(42,43)21-23-10-6-5-7-11-23)44-30-25(13-8-17-35-30)26-16-18-36-31(38-26)37-24-12-9-19-40(20-24)32(41)45-33(2,3)4/h5-8,10-11,13-18,24,39H,9,12,19-21H2,1-4H3,(H,36,37,38)/t24-/m0/s1. The Kier molecular flexibility index (Phi) is 9.71. The minimum atomic E-state index is -3.86. The Bertz CT molecular complexity index is 1800. The zero-order valence-corrected chi connectivity index (χ0v) is 27.0. The lowest BCUT2D eigenvalue weighted by atomic mass is 10.1. The summed E-state index contributed by atoms with van der Waals surface area (Å²) in [5.74, 6) is -0.327. The Morgan fingerprint density at radius 3 is 2.59 bits per heavy atom. The lowest BCUT2D eigenvalue weighted by Gasteiger charge is -2.34. The Balaban J connectivity index is 1.30. The highest BCUT2D eigenvalue weighted by Gasteiger charge is 2.28. The summed E-state index contributed by atoms with van der Waals surface area (Å²) in [5.41, 5.74) is 0.989. The van der Waals surface area contributed by atoms with Gasteiger partial charge in [0.2, 0.25) is 21.9 Å². The number of amides is 1. The second-order valence-corrected chi connectivity index (χ2v) is 13.8. The van der Waals surface area contributed by atoms with Crippen molar-refractivity contribution in [3.05, 3.63) is 90.0 Å². The van der Waals surface area contributed by atoms with Crippen molar-refractivity contribution in [3.8, 4) is 22.9 Å². The number of carbonyl (C=O) groups is 1. The highest BCUT2D eigenvalue weighted by molar-refractivity contribution is 7.91. The summed E-state index contributed by atoms with van der Waals surface area (Å²) in [6, 6.07) is 16.6. The van der Waals surface area contributed by atoms with Gasteiger partial charge in [-0.2, -0.15) is 0 Å². The highest BCUT2D eigenvalue weighted by Crippen LogP contribution is 2.35. The second kappa shape index (κ2) is 13.7. The molecule has 1 aliphatic rings. The molecule has 3 heterocycles. The van der Waals surface area contributed by atoms with Gasteiger partial charge in [0.15, 0.2) is 5.82 Å². The predicted octanol–water partition coefficient (Wildman–Crippen LogP) is 6.53. The number of sulfonamides is 1. The van der Waals surface area contributed by atoms with E-state index in [4.69, 9.17) is 9.47 Å².